The molecule has 3 aliphatic carbocycles. The van der Waals surface area contributed by atoms with Gasteiger partial charge in [0.1, 0.15) is 5.82 Å². The van der Waals surface area contributed by atoms with Crippen LogP contribution in [0.1, 0.15) is 38.2 Å². The van der Waals surface area contributed by atoms with Crippen LogP contribution in [0, 0.1) is 23.6 Å². The van der Waals surface area contributed by atoms with E-state index in [1.807, 2.05) is 41.5 Å². The van der Waals surface area contributed by atoms with Gasteiger partial charge in [0.05, 0.1) is 17.1 Å². The summed E-state index contributed by atoms with van der Waals surface area (Å²) in [7, 11) is -3.41. The predicted molar refractivity (Wildman–Crippen MR) is 140 cm³/mol. The SMILES string of the molecule is C[C@H]1C2=CNN(c3ccc(F)cc3)C2=CC2=C1[C@@H](CN(CC1CC1)S(=O)(=O)Cc1ccccc1)CC2. The van der Waals surface area contributed by atoms with Crippen molar-refractivity contribution >= 4 is 15.7 Å². The van der Waals surface area contributed by atoms with Gasteiger partial charge in [-0.25, -0.2) is 17.1 Å². The second-order valence-corrected chi connectivity index (χ2v) is 12.5. The maximum absolute atomic E-state index is 13.5. The third-order valence-corrected chi connectivity index (χ3v) is 9.74. The first-order valence-corrected chi connectivity index (χ1v) is 14.5. The van der Waals surface area contributed by atoms with Gasteiger partial charge in [0.15, 0.2) is 0 Å². The van der Waals surface area contributed by atoms with Gasteiger partial charge in [-0.1, -0.05) is 42.8 Å². The van der Waals surface area contributed by atoms with Crippen LogP contribution in [-0.4, -0.2) is 25.8 Å². The Morgan fingerprint density at radius 1 is 1.03 bits per heavy atom. The van der Waals surface area contributed by atoms with E-state index in [1.165, 1.54) is 28.9 Å². The smallest absolute Gasteiger partial charge is 0.218 e. The minimum Gasteiger partial charge on any atom is -0.301 e. The predicted octanol–water partition coefficient (Wildman–Crippen LogP) is 5.52. The molecule has 2 atom stereocenters. The Morgan fingerprint density at radius 3 is 2.50 bits per heavy atom. The summed E-state index contributed by atoms with van der Waals surface area (Å²) in [6, 6.07) is 16.0. The molecule has 1 N–H and O–H groups in total. The molecule has 1 fully saturated rings. The molecule has 0 aromatic heterocycles. The average molecular weight is 506 g/mol. The van der Waals surface area contributed by atoms with Gasteiger partial charge in [0.2, 0.25) is 10.0 Å². The van der Waals surface area contributed by atoms with E-state index in [9.17, 15) is 12.8 Å². The van der Waals surface area contributed by atoms with Gasteiger partial charge in [-0.2, -0.15) is 0 Å². The molecule has 2 aromatic rings. The second kappa shape index (κ2) is 9.20. The highest BCUT2D eigenvalue weighted by Gasteiger charge is 2.40. The molecule has 1 saturated carbocycles. The van der Waals surface area contributed by atoms with Crippen LogP contribution in [0.2, 0.25) is 0 Å². The Labute approximate surface area is 213 Å². The van der Waals surface area contributed by atoms with E-state index in [0.29, 0.717) is 19.0 Å². The molecule has 0 bridgehead atoms. The van der Waals surface area contributed by atoms with Gasteiger partial charge >= 0.3 is 0 Å². The van der Waals surface area contributed by atoms with Crippen molar-refractivity contribution < 1.29 is 12.8 Å². The molecular weight excluding hydrogens is 473 g/mol. The van der Waals surface area contributed by atoms with Gasteiger partial charge in [-0.3, -0.25) is 5.01 Å². The fourth-order valence-electron chi connectivity index (χ4n) is 5.92. The standard InChI is InChI=1S/C29H32FN3O2S/c1-20-27-16-31-33(26-13-11-25(30)12-14-26)28(27)15-23-9-10-24(29(20)23)18-32(17-21-7-8-21)36(34,35)19-22-5-3-2-4-6-22/h2-6,11-16,20-21,24,31H,7-10,17-19H2,1H3/t20-,24+/m0/s1. The molecule has 2 aromatic carbocycles. The lowest BCUT2D eigenvalue weighted by atomic mass is 9.80. The van der Waals surface area contributed by atoms with Crippen LogP contribution in [0.25, 0.3) is 0 Å². The third-order valence-electron chi connectivity index (χ3n) is 7.96. The molecule has 1 aliphatic heterocycles. The monoisotopic (exact) mass is 505 g/mol. The van der Waals surface area contributed by atoms with Crippen molar-refractivity contribution in [2.45, 2.75) is 38.4 Å². The van der Waals surface area contributed by atoms with Crippen molar-refractivity contribution in [1.29, 1.82) is 0 Å². The molecule has 0 spiro atoms. The summed E-state index contributed by atoms with van der Waals surface area (Å²) < 4.78 is 42.3. The van der Waals surface area contributed by atoms with Crippen molar-refractivity contribution in [3.63, 3.8) is 0 Å². The van der Waals surface area contributed by atoms with Crippen molar-refractivity contribution in [2.24, 2.45) is 17.8 Å². The fourth-order valence-corrected chi connectivity index (χ4v) is 7.56. The lowest BCUT2D eigenvalue weighted by Crippen LogP contribution is -2.38. The molecule has 36 heavy (non-hydrogen) atoms. The van der Waals surface area contributed by atoms with E-state index >= 15 is 0 Å². The number of allylic oxidation sites excluding steroid dienone is 3. The summed E-state index contributed by atoms with van der Waals surface area (Å²) in [5.74, 6) is 0.717. The number of nitrogens with one attached hydrogen (secondary N) is 1. The number of rotatable bonds is 8. The van der Waals surface area contributed by atoms with E-state index in [1.54, 1.807) is 16.4 Å². The number of hydrogen-bond acceptors (Lipinski definition) is 4. The first-order chi connectivity index (χ1) is 17.4. The van der Waals surface area contributed by atoms with Gasteiger partial charge in [0, 0.05) is 30.8 Å². The Bertz CT molecular complexity index is 1340. The van der Waals surface area contributed by atoms with Gasteiger partial charge in [-0.05, 0) is 79.0 Å². The molecule has 0 unspecified atom stereocenters. The Kier molecular flexibility index (Phi) is 6.00. The highest BCUT2D eigenvalue weighted by molar-refractivity contribution is 7.88. The minimum atomic E-state index is -3.41. The molecule has 5 nitrogen and oxygen atoms in total. The quantitative estimate of drug-likeness (QED) is 0.514. The molecule has 4 aliphatic rings. The van der Waals surface area contributed by atoms with E-state index in [2.05, 4.69) is 18.4 Å². The fraction of sp³-hybridized carbons (Fsp3) is 0.379. The summed E-state index contributed by atoms with van der Waals surface area (Å²) in [6.45, 7) is 3.42. The number of anilines is 1. The zero-order valence-electron chi connectivity index (χ0n) is 20.5. The largest absolute Gasteiger partial charge is 0.301 e. The molecule has 6 rings (SSSR count). The van der Waals surface area contributed by atoms with Crippen LogP contribution in [0.4, 0.5) is 10.1 Å². The van der Waals surface area contributed by atoms with Gasteiger partial charge < -0.3 is 5.43 Å². The lowest BCUT2D eigenvalue weighted by molar-refractivity contribution is 0.344. The molecule has 7 heteroatoms. The zero-order valence-corrected chi connectivity index (χ0v) is 21.3. The van der Waals surface area contributed by atoms with E-state index in [4.69, 9.17) is 0 Å². The first kappa shape index (κ1) is 23.5. The Hall–Kier alpha value is -2.90. The number of benzene rings is 2. The molecule has 0 amide bonds. The van der Waals surface area contributed by atoms with Gasteiger partial charge in [-0.15, -0.1) is 0 Å². The molecule has 188 valence electrons. The third kappa shape index (κ3) is 4.50. The van der Waals surface area contributed by atoms with Crippen LogP contribution in [0.5, 0.6) is 0 Å². The van der Waals surface area contributed by atoms with E-state index < -0.39 is 10.0 Å². The summed E-state index contributed by atoms with van der Waals surface area (Å²) in [5, 5.41) is 2.01. The highest BCUT2D eigenvalue weighted by Crippen LogP contribution is 2.48. The maximum atomic E-state index is 13.5. The summed E-state index contributed by atoms with van der Waals surface area (Å²) in [6.07, 6.45) is 8.44. The molecule has 1 heterocycles. The molecule has 0 radical (unpaired) electrons. The van der Waals surface area contributed by atoms with Crippen LogP contribution < -0.4 is 10.4 Å². The number of fused-ring (bicyclic) bond motifs is 1. The van der Waals surface area contributed by atoms with Gasteiger partial charge in [0.25, 0.3) is 0 Å². The number of halogens is 1. The number of sulfonamides is 1. The second-order valence-electron chi connectivity index (χ2n) is 10.5. The van der Waals surface area contributed by atoms with Crippen molar-refractivity contribution in [3.05, 3.63) is 101 Å². The van der Waals surface area contributed by atoms with Crippen molar-refractivity contribution in [2.75, 3.05) is 18.1 Å². The minimum absolute atomic E-state index is 0.0560. The van der Waals surface area contributed by atoms with Crippen LogP contribution in [0.15, 0.2) is 89.3 Å². The summed E-state index contributed by atoms with van der Waals surface area (Å²) in [5.41, 5.74) is 10.1. The normalized spacial score (nSPS) is 23.4. The van der Waals surface area contributed by atoms with Crippen LogP contribution in [0.3, 0.4) is 0 Å². The first-order valence-electron chi connectivity index (χ1n) is 12.9. The van der Waals surface area contributed by atoms with Crippen molar-refractivity contribution in [1.82, 2.24) is 9.73 Å². The maximum Gasteiger partial charge on any atom is 0.218 e. The van der Waals surface area contributed by atoms with E-state index in [-0.39, 0.29) is 23.4 Å². The molecule has 0 saturated heterocycles. The summed E-state index contributed by atoms with van der Waals surface area (Å²) >= 11 is 0. The zero-order chi connectivity index (χ0) is 24.9. The lowest BCUT2D eigenvalue weighted by Gasteiger charge is -2.32. The van der Waals surface area contributed by atoms with Crippen molar-refractivity contribution in [3.8, 4) is 0 Å². The topological polar surface area (TPSA) is 52.6 Å². The number of nitrogens with zero attached hydrogens (tertiary/aromatic N) is 2. The Balaban J connectivity index is 1.26. The molecular formula is C29H32FN3O2S. The van der Waals surface area contributed by atoms with E-state index in [0.717, 1.165) is 42.6 Å². The average Bonchev–Trinajstić information content (AvgIpc) is 3.43. The Morgan fingerprint density at radius 2 is 1.78 bits per heavy atom. The van der Waals surface area contributed by atoms with Crippen LogP contribution >= 0.6 is 0 Å². The number of hydrazine groups is 1. The number of hydrogen-bond donors (Lipinski definition) is 1. The van der Waals surface area contributed by atoms with Crippen LogP contribution in [-0.2, 0) is 15.8 Å². The summed E-state index contributed by atoms with van der Waals surface area (Å²) in [4.78, 5) is 0. The highest BCUT2D eigenvalue weighted by atomic mass is 32.2.